The molecule has 2 rings (SSSR count). The zero-order valence-electron chi connectivity index (χ0n) is 16.7. The summed E-state index contributed by atoms with van der Waals surface area (Å²) in [7, 11) is 1.98. The summed E-state index contributed by atoms with van der Waals surface area (Å²) >= 11 is 0. The van der Waals surface area contributed by atoms with Gasteiger partial charge in [-0.15, -0.1) is 0 Å². The van der Waals surface area contributed by atoms with Gasteiger partial charge in [-0.1, -0.05) is 93.8 Å². The third-order valence-electron chi connectivity index (χ3n) is 5.86. The van der Waals surface area contributed by atoms with Crippen molar-refractivity contribution in [2.45, 2.75) is 64.0 Å². The van der Waals surface area contributed by atoms with Crippen molar-refractivity contribution in [3.8, 4) is 0 Å². The molecule has 0 radical (unpaired) electrons. The number of nitrogens with one attached hydrogen (secondary N) is 1. The average molecular weight is 353 g/mol. The number of nitrogens with two attached hydrogens (primary N) is 1. The highest BCUT2D eigenvalue weighted by atomic mass is 15.0. The Hall–Kier alpha value is -1.64. The first-order valence-corrected chi connectivity index (χ1v) is 10.1. The molecule has 0 spiro atoms. The van der Waals surface area contributed by atoms with E-state index in [0.29, 0.717) is 5.92 Å². The molecule has 26 heavy (non-hydrogen) atoms. The maximum Gasteiger partial charge on any atom is 0.0645 e. The monoisotopic (exact) mass is 352 g/mol. The van der Waals surface area contributed by atoms with Crippen LogP contribution in [0.25, 0.3) is 0 Å². The number of unbranched alkanes of at least 4 members (excludes halogenated alkanes) is 3. The van der Waals surface area contributed by atoms with E-state index < -0.39 is 0 Å². The van der Waals surface area contributed by atoms with Gasteiger partial charge in [0.05, 0.1) is 6.17 Å². The van der Waals surface area contributed by atoms with Crippen LogP contribution in [0.2, 0.25) is 0 Å². The molecular formula is C24H36N2. The summed E-state index contributed by atoms with van der Waals surface area (Å²) in [5.41, 5.74) is 9.38. The molecule has 0 amide bonds. The van der Waals surface area contributed by atoms with Gasteiger partial charge in [-0.05, 0) is 43.4 Å². The van der Waals surface area contributed by atoms with Crippen molar-refractivity contribution in [3.05, 3.63) is 71.8 Å². The molecule has 0 fully saturated rings. The summed E-state index contributed by atoms with van der Waals surface area (Å²) < 4.78 is 0. The lowest BCUT2D eigenvalue weighted by Crippen LogP contribution is -2.56. The number of benzene rings is 2. The zero-order chi connectivity index (χ0) is 18.8. The molecule has 2 heteroatoms. The lowest BCUT2D eigenvalue weighted by molar-refractivity contribution is 0.203. The first-order valence-electron chi connectivity index (χ1n) is 10.1. The molecule has 0 heterocycles. The Balaban J connectivity index is 1.92. The standard InChI is InChI=1S/C24H36N2/c1-20(2)24(23(25)26-3,22-17-11-7-12-18-22)19-13-5-4-8-14-21-15-9-6-10-16-21/h6-7,9-12,15-18,20,23,26H,4-5,8,13-14,19,25H2,1-3H3. The van der Waals surface area contributed by atoms with Gasteiger partial charge in [-0.2, -0.15) is 0 Å². The quantitative estimate of drug-likeness (QED) is 0.426. The number of hydrogen-bond donors (Lipinski definition) is 2. The Morgan fingerprint density at radius 2 is 1.42 bits per heavy atom. The Kier molecular flexibility index (Phi) is 8.34. The van der Waals surface area contributed by atoms with E-state index in [9.17, 15) is 0 Å². The summed E-state index contributed by atoms with van der Waals surface area (Å²) in [4.78, 5) is 0. The molecule has 2 aromatic carbocycles. The fourth-order valence-electron chi connectivity index (χ4n) is 4.21. The second kappa shape index (κ2) is 10.5. The lowest BCUT2D eigenvalue weighted by Gasteiger charge is -2.43. The van der Waals surface area contributed by atoms with Gasteiger partial charge < -0.3 is 11.1 Å². The third-order valence-corrected chi connectivity index (χ3v) is 5.86. The summed E-state index contributed by atoms with van der Waals surface area (Å²) in [6.45, 7) is 4.61. The predicted octanol–water partition coefficient (Wildman–Crippen LogP) is 5.28. The Bertz CT molecular complexity index is 609. The third kappa shape index (κ3) is 5.18. The molecule has 0 aliphatic rings. The molecule has 0 aliphatic carbocycles. The van der Waals surface area contributed by atoms with Crippen LogP contribution in [-0.4, -0.2) is 13.2 Å². The van der Waals surface area contributed by atoms with E-state index in [1.165, 1.54) is 43.2 Å². The van der Waals surface area contributed by atoms with Crippen molar-refractivity contribution in [1.82, 2.24) is 5.32 Å². The topological polar surface area (TPSA) is 38.0 Å². The smallest absolute Gasteiger partial charge is 0.0645 e. The maximum absolute atomic E-state index is 6.59. The molecule has 0 saturated heterocycles. The number of rotatable bonds is 11. The molecule has 2 atom stereocenters. The first-order chi connectivity index (χ1) is 12.6. The molecule has 2 unspecified atom stereocenters. The van der Waals surface area contributed by atoms with Crippen molar-refractivity contribution in [2.24, 2.45) is 11.7 Å². The van der Waals surface area contributed by atoms with Crippen LogP contribution < -0.4 is 11.1 Å². The molecule has 0 aromatic heterocycles. The van der Waals surface area contributed by atoms with Crippen LogP contribution in [0.15, 0.2) is 60.7 Å². The molecule has 2 aromatic rings. The minimum absolute atomic E-state index is 0.0184. The van der Waals surface area contributed by atoms with Gasteiger partial charge in [0.15, 0.2) is 0 Å². The molecule has 0 saturated carbocycles. The highest BCUT2D eigenvalue weighted by molar-refractivity contribution is 5.28. The van der Waals surface area contributed by atoms with Crippen LogP contribution in [0, 0.1) is 5.92 Å². The fourth-order valence-corrected chi connectivity index (χ4v) is 4.21. The van der Waals surface area contributed by atoms with E-state index >= 15 is 0 Å². The second-order valence-corrected chi connectivity index (χ2v) is 7.73. The van der Waals surface area contributed by atoms with E-state index in [2.05, 4.69) is 79.8 Å². The minimum Gasteiger partial charge on any atom is -0.315 e. The van der Waals surface area contributed by atoms with Gasteiger partial charge in [0.25, 0.3) is 0 Å². The number of likely N-dealkylation sites (N-methyl/N-ethyl adjacent to an activating group) is 1. The van der Waals surface area contributed by atoms with Crippen LogP contribution in [0.1, 0.15) is 57.1 Å². The minimum atomic E-state index is -0.0331. The van der Waals surface area contributed by atoms with E-state index in [0.717, 1.165) is 6.42 Å². The highest BCUT2D eigenvalue weighted by Crippen LogP contribution is 2.39. The molecular weight excluding hydrogens is 316 g/mol. The summed E-state index contributed by atoms with van der Waals surface area (Å²) in [5, 5.41) is 3.34. The number of hydrogen-bond acceptors (Lipinski definition) is 2. The van der Waals surface area contributed by atoms with Crippen molar-refractivity contribution in [2.75, 3.05) is 7.05 Å². The van der Waals surface area contributed by atoms with E-state index in [4.69, 9.17) is 5.73 Å². The van der Waals surface area contributed by atoms with Crippen molar-refractivity contribution < 1.29 is 0 Å². The first kappa shape index (κ1) is 20.7. The fraction of sp³-hybridized carbons (Fsp3) is 0.500. The van der Waals surface area contributed by atoms with Gasteiger partial charge >= 0.3 is 0 Å². The van der Waals surface area contributed by atoms with Crippen LogP contribution in [0.3, 0.4) is 0 Å². The lowest BCUT2D eigenvalue weighted by atomic mass is 9.66. The predicted molar refractivity (Wildman–Crippen MR) is 113 cm³/mol. The Morgan fingerprint density at radius 3 is 2.00 bits per heavy atom. The van der Waals surface area contributed by atoms with Crippen molar-refractivity contribution in [3.63, 3.8) is 0 Å². The average Bonchev–Trinajstić information content (AvgIpc) is 2.68. The zero-order valence-corrected chi connectivity index (χ0v) is 16.7. The van der Waals surface area contributed by atoms with Gasteiger partial charge in [-0.25, -0.2) is 0 Å². The summed E-state index contributed by atoms with van der Waals surface area (Å²) in [6, 6.07) is 21.6. The van der Waals surface area contributed by atoms with Gasteiger partial charge in [-0.3, -0.25) is 0 Å². The van der Waals surface area contributed by atoms with E-state index in [-0.39, 0.29) is 11.6 Å². The van der Waals surface area contributed by atoms with E-state index in [1.54, 1.807) is 0 Å². The SMILES string of the molecule is CNC(N)C(CCCCCCc1ccccc1)(c1ccccc1)C(C)C. The van der Waals surface area contributed by atoms with Crippen LogP contribution in [0.5, 0.6) is 0 Å². The molecule has 3 N–H and O–H groups in total. The van der Waals surface area contributed by atoms with Crippen LogP contribution in [-0.2, 0) is 11.8 Å². The highest BCUT2D eigenvalue weighted by Gasteiger charge is 2.40. The number of aryl methyl sites for hydroxylation is 1. The molecule has 0 bridgehead atoms. The maximum atomic E-state index is 6.59. The Labute approximate surface area is 160 Å². The summed E-state index contributed by atoms with van der Waals surface area (Å²) in [6.07, 6.45) is 7.32. The van der Waals surface area contributed by atoms with Crippen LogP contribution in [0.4, 0.5) is 0 Å². The van der Waals surface area contributed by atoms with Crippen LogP contribution >= 0.6 is 0 Å². The molecule has 142 valence electrons. The van der Waals surface area contributed by atoms with Gasteiger partial charge in [0.1, 0.15) is 0 Å². The second-order valence-electron chi connectivity index (χ2n) is 7.73. The van der Waals surface area contributed by atoms with Crippen molar-refractivity contribution >= 4 is 0 Å². The van der Waals surface area contributed by atoms with E-state index in [1.807, 2.05) is 7.05 Å². The van der Waals surface area contributed by atoms with Crippen molar-refractivity contribution in [1.29, 1.82) is 0 Å². The largest absolute Gasteiger partial charge is 0.315 e. The van der Waals surface area contributed by atoms with Gasteiger partial charge in [0.2, 0.25) is 0 Å². The molecule has 0 aliphatic heterocycles. The normalized spacial score (nSPS) is 15.0. The van der Waals surface area contributed by atoms with Gasteiger partial charge in [0, 0.05) is 5.41 Å². The summed E-state index contributed by atoms with van der Waals surface area (Å²) in [5.74, 6) is 0.483. The Morgan fingerprint density at radius 1 is 0.846 bits per heavy atom. The molecule has 2 nitrogen and oxygen atoms in total.